The van der Waals surface area contributed by atoms with Crippen LogP contribution in [0.15, 0.2) is 46.9 Å². The largest absolute Gasteiger partial charge is 0.492 e. The fourth-order valence-corrected chi connectivity index (χ4v) is 3.90. The highest BCUT2D eigenvalue weighted by Gasteiger charge is 2.15. The zero-order valence-corrected chi connectivity index (χ0v) is 21.0. The highest BCUT2D eigenvalue weighted by molar-refractivity contribution is 9.10. The van der Waals surface area contributed by atoms with E-state index in [0.29, 0.717) is 23.4 Å². The van der Waals surface area contributed by atoms with Crippen molar-refractivity contribution in [1.29, 1.82) is 0 Å². The van der Waals surface area contributed by atoms with Gasteiger partial charge in [0.15, 0.2) is 0 Å². The number of ether oxygens (including phenoxy) is 1. The molecule has 0 saturated heterocycles. The first-order chi connectivity index (χ1) is 15.5. The highest BCUT2D eigenvalue weighted by Crippen LogP contribution is 2.27. The van der Waals surface area contributed by atoms with Crippen molar-refractivity contribution in [3.8, 4) is 5.75 Å². The van der Waals surface area contributed by atoms with E-state index in [9.17, 15) is 9.59 Å². The molecule has 0 fully saturated rings. The third kappa shape index (κ3) is 7.97. The van der Waals surface area contributed by atoms with Gasteiger partial charge in [0.05, 0.1) is 11.1 Å². The second-order valence-electron chi connectivity index (χ2n) is 7.88. The molecule has 2 rings (SSSR count). The number of benzene rings is 2. The Hall–Kier alpha value is -2.34. The standard InChI is InChI=1S/C26H35BrN2O3/c1-4-7-8-9-18-32-24-15-12-21(19-23(24)27)25(30)28-22-13-10-20(11-14-22)26(31)29(16-5-2)17-6-3/h10-15,19H,4-9,16-18H2,1-3H3,(H,28,30). The summed E-state index contributed by atoms with van der Waals surface area (Å²) in [4.78, 5) is 27.2. The van der Waals surface area contributed by atoms with Gasteiger partial charge in [-0.05, 0) is 77.7 Å². The fraction of sp³-hybridized carbons (Fsp3) is 0.462. The number of rotatable bonds is 13. The number of nitrogens with zero attached hydrogens (tertiary/aromatic N) is 1. The number of amides is 2. The van der Waals surface area contributed by atoms with Gasteiger partial charge in [0.1, 0.15) is 5.75 Å². The maximum atomic E-state index is 12.7. The van der Waals surface area contributed by atoms with E-state index in [1.807, 2.05) is 11.0 Å². The van der Waals surface area contributed by atoms with Crippen molar-refractivity contribution < 1.29 is 14.3 Å². The van der Waals surface area contributed by atoms with Crippen LogP contribution in [0.1, 0.15) is 80.0 Å². The number of halogens is 1. The van der Waals surface area contributed by atoms with Crippen LogP contribution in [0, 0.1) is 0 Å². The Morgan fingerprint density at radius 2 is 1.53 bits per heavy atom. The molecule has 0 unspecified atom stereocenters. The van der Waals surface area contributed by atoms with Crippen LogP contribution in [0.3, 0.4) is 0 Å². The van der Waals surface area contributed by atoms with Gasteiger partial charge < -0.3 is 15.0 Å². The van der Waals surface area contributed by atoms with E-state index in [4.69, 9.17) is 4.74 Å². The summed E-state index contributed by atoms with van der Waals surface area (Å²) in [6.45, 7) is 8.49. The molecule has 0 saturated carbocycles. The number of nitrogens with one attached hydrogen (secondary N) is 1. The first-order valence-electron chi connectivity index (χ1n) is 11.6. The molecule has 2 aromatic rings. The first-order valence-corrected chi connectivity index (χ1v) is 12.4. The van der Waals surface area contributed by atoms with E-state index >= 15 is 0 Å². The summed E-state index contributed by atoms with van der Waals surface area (Å²) < 4.78 is 6.57. The molecular formula is C26H35BrN2O3. The zero-order valence-electron chi connectivity index (χ0n) is 19.5. The molecule has 32 heavy (non-hydrogen) atoms. The van der Waals surface area contributed by atoms with Crippen molar-refractivity contribution in [2.45, 2.75) is 59.3 Å². The van der Waals surface area contributed by atoms with E-state index in [1.54, 1.807) is 36.4 Å². The van der Waals surface area contributed by atoms with Crippen LogP contribution < -0.4 is 10.1 Å². The van der Waals surface area contributed by atoms with E-state index in [-0.39, 0.29) is 11.8 Å². The van der Waals surface area contributed by atoms with Crippen LogP contribution in [0.2, 0.25) is 0 Å². The van der Waals surface area contributed by atoms with Gasteiger partial charge in [-0.25, -0.2) is 0 Å². The molecule has 2 amide bonds. The lowest BCUT2D eigenvalue weighted by Gasteiger charge is -2.21. The Balaban J connectivity index is 1.96. The molecule has 0 spiro atoms. The number of unbranched alkanes of at least 4 members (excludes halogenated alkanes) is 3. The van der Waals surface area contributed by atoms with Gasteiger partial charge in [-0.2, -0.15) is 0 Å². The summed E-state index contributed by atoms with van der Waals surface area (Å²) in [5, 5.41) is 2.89. The maximum absolute atomic E-state index is 12.7. The normalized spacial score (nSPS) is 10.6. The number of carbonyl (C=O) groups excluding carboxylic acids is 2. The Labute approximate surface area is 200 Å². The molecule has 0 bridgehead atoms. The molecule has 0 heterocycles. The second kappa shape index (κ2) is 13.9. The molecule has 6 heteroatoms. The third-order valence-electron chi connectivity index (χ3n) is 5.11. The number of hydrogen-bond donors (Lipinski definition) is 1. The SMILES string of the molecule is CCCCCCOc1ccc(C(=O)Nc2ccc(C(=O)N(CCC)CCC)cc2)cc1Br. The molecule has 1 N–H and O–H groups in total. The minimum Gasteiger partial charge on any atom is -0.492 e. The van der Waals surface area contributed by atoms with E-state index in [2.05, 4.69) is 42.0 Å². The van der Waals surface area contributed by atoms with Crippen LogP contribution in [0.5, 0.6) is 5.75 Å². The molecule has 174 valence electrons. The molecule has 0 aliphatic rings. The molecule has 0 aliphatic carbocycles. The van der Waals surface area contributed by atoms with Gasteiger partial charge in [0, 0.05) is 29.9 Å². The van der Waals surface area contributed by atoms with Gasteiger partial charge >= 0.3 is 0 Å². The summed E-state index contributed by atoms with van der Waals surface area (Å²) in [6, 6.07) is 12.4. The number of anilines is 1. The summed E-state index contributed by atoms with van der Waals surface area (Å²) >= 11 is 3.50. The van der Waals surface area contributed by atoms with Gasteiger partial charge in [-0.1, -0.05) is 40.0 Å². The molecule has 0 aromatic heterocycles. The molecule has 0 aliphatic heterocycles. The number of carbonyl (C=O) groups is 2. The van der Waals surface area contributed by atoms with Crippen molar-refractivity contribution in [2.24, 2.45) is 0 Å². The second-order valence-corrected chi connectivity index (χ2v) is 8.73. The van der Waals surface area contributed by atoms with Gasteiger partial charge in [0.2, 0.25) is 0 Å². The van der Waals surface area contributed by atoms with Crippen molar-refractivity contribution in [2.75, 3.05) is 25.0 Å². The Kier molecular flexibility index (Phi) is 11.3. The van der Waals surface area contributed by atoms with Crippen LogP contribution in [-0.2, 0) is 0 Å². The van der Waals surface area contributed by atoms with Gasteiger partial charge in [0.25, 0.3) is 11.8 Å². The van der Waals surface area contributed by atoms with Crippen LogP contribution in [-0.4, -0.2) is 36.4 Å². The van der Waals surface area contributed by atoms with E-state index in [0.717, 1.165) is 49.0 Å². The van der Waals surface area contributed by atoms with Crippen LogP contribution in [0.25, 0.3) is 0 Å². The van der Waals surface area contributed by atoms with Crippen molar-refractivity contribution >= 4 is 33.4 Å². The molecule has 0 atom stereocenters. The number of hydrogen-bond acceptors (Lipinski definition) is 3. The average molecular weight is 503 g/mol. The summed E-state index contributed by atoms with van der Waals surface area (Å²) in [5.41, 5.74) is 1.82. The van der Waals surface area contributed by atoms with Crippen LogP contribution in [0.4, 0.5) is 5.69 Å². The summed E-state index contributed by atoms with van der Waals surface area (Å²) in [6.07, 6.45) is 6.46. The topological polar surface area (TPSA) is 58.6 Å². The highest BCUT2D eigenvalue weighted by atomic mass is 79.9. The first kappa shape index (κ1) is 25.9. The summed E-state index contributed by atoms with van der Waals surface area (Å²) in [7, 11) is 0. The Bertz CT molecular complexity index is 862. The molecule has 0 radical (unpaired) electrons. The van der Waals surface area contributed by atoms with Gasteiger partial charge in [-0.3, -0.25) is 9.59 Å². The van der Waals surface area contributed by atoms with E-state index < -0.39 is 0 Å². The Morgan fingerprint density at radius 3 is 2.12 bits per heavy atom. The summed E-state index contributed by atoms with van der Waals surface area (Å²) in [5.74, 6) is 0.559. The van der Waals surface area contributed by atoms with Gasteiger partial charge in [-0.15, -0.1) is 0 Å². The van der Waals surface area contributed by atoms with Crippen molar-refractivity contribution in [3.63, 3.8) is 0 Å². The van der Waals surface area contributed by atoms with Crippen molar-refractivity contribution in [3.05, 3.63) is 58.1 Å². The molecule has 5 nitrogen and oxygen atoms in total. The molecule has 2 aromatic carbocycles. The van der Waals surface area contributed by atoms with E-state index in [1.165, 1.54) is 12.8 Å². The average Bonchev–Trinajstić information content (AvgIpc) is 2.79. The fourth-order valence-electron chi connectivity index (χ4n) is 3.41. The predicted octanol–water partition coefficient (Wildman–Crippen LogP) is 6.92. The monoisotopic (exact) mass is 502 g/mol. The Morgan fingerprint density at radius 1 is 0.875 bits per heavy atom. The van der Waals surface area contributed by atoms with Crippen LogP contribution >= 0.6 is 15.9 Å². The predicted molar refractivity (Wildman–Crippen MR) is 135 cm³/mol. The zero-order chi connectivity index (χ0) is 23.3. The lowest BCUT2D eigenvalue weighted by molar-refractivity contribution is 0.0755. The quantitative estimate of drug-likeness (QED) is 0.302. The maximum Gasteiger partial charge on any atom is 0.255 e. The minimum atomic E-state index is -0.210. The smallest absolute Gasteiger partial charge is 0.255 e. The van der Waals surface area contributed by atoms with Crippen molar-refractivity contribution in [1.82, 2.24) is 4.90 Å². The minimum absolute atomic E-state index is 0.0285. The lowest BCUT2D eigenvalue weighted by atomic mass is 10.1. The molecular weight excluding hydrogens is 468 g/mol. The lowest BCUT2D eigenvalue weighted by Crippen LogP contribution is -2.32. The third-order valence-corrected chi connectivity index (χ3v) is 5.73.